The number of anilines is 3. The number of amides is 3. The molecule has 3 N–H and O–H groups in total. The van der Waals surface area contributed by atoms with Crippen LogP contribution in [0.4, 0.5) is 21.9 Å². The van der Waals surface area contributed by atoms with Crippen LogP contribution >= 0.6 is 0 Å². The molecule has 0 heterocycles. The van der Waals surface area contributed by atoms with Gasteiger partial charge in [-0.2, -0.15) is 0 Å². The molecule has 286 valence electrons. The molecule has 0 aliphatic heterocycles. The van der Waals surface area contributed by atoms with Gasteiger partial charge in [0.15, 0.2) is 0 Å². The molecule has 0 radical (unpaired) electrons. The van der Waals surface area contributed by atoms with Crippen molar-refractivity contribution in [1.29, 1.82) is 0 Å². The maximum absolute atomic E-state index is 13.7. The molecular weight excluding hydrogens is 690 g/mol. The SMILES string of the molecule is COC(=O)c1ccc(NC(=O)c2ccc(NC(=O)c3ccc(NC(=O)OC(C)(C)C)c(OCC(C)C)c3)c(OCc3ccccc3)c2)c(OCC(C)C)c1. The smallest absolute Gasteiger partial charge is 0.412 e. The van der Waals surface area contributed by atoms with Gasteiger partial charge in [0.1, 0.15) is 29.5 Å². The van der Waals surface area contributed by atoms with Crippen LogP contribution in [-0.2, 0) is 16.1 Å². The summed E-state index contributed by atoms with van der Waals surface area (Å²) < 4.78 is 28.3. The highest BCUT2D eigenvalue weighted by molar-refractivity contribution is 6.08. The second-order valence-corrected chi connectivity index (χ2v) is 14.3. The molecule has 0 spiro atoms. The molecule has 0 unspecified atom stereocenters. The van der Waals surface area contributed by atoms with Gasteiger partial charge < -0.3 is 34.3 Å². The van der Waals surface area contributed by atoms with Crippen molar-refractivity contribution < 1.29 is 42.9 Å². The summed E-state index contributed by atoms with van der Waals surface area (Å²) in [6.45, 7) is 14.1. The largest absolute Gasteiger partial charge is 0.491 e. The van der Waals surface area contributed by atoms with Crippen molar-refractivity contribution in [1.82, 2.24) is 0 Å². The summed E-state index contributed by atoms with van der Waals surface area (Å²) in [6.07, 6.45) is -0.657. The van der Waals surface area contributed by atoms with Gasteiger partial charge in [0.25, 0.3) is 11.8 Å². The van der Waals surface area contributed by atoms with E-state index in [1.54, 1.807) is 57.2 Å². The number of rotatable bonds is 15. The predicted octanol–water partition coefficient (Wildman–Crippen LogP) is 8.97. The zero-order valence-corrected chi connectivity index (χ0v) is 32.0. The quantitative estimate of drug-likeness (QED) is 0.102. The van der Waals surface area contributed by atoms with E-state index >= 15 is 0 Å². The van der Waals surface area contributed by atoms with Gasteiger partial charge in [0, 0.05) is 11.1 Å². The number of ether oxygens (including phenoxy) is 5. The molecular formula is C42H49N3O9. The summed E-state index contributed by atoms with van der Waals surface area (Å²) in [4.78, 5) is 52.1. The number of carbonyl (C=O) groups excluding carboxylic acids is 4. The Bertz CT molecular complexity index is 1940. The van der Waals surface area contributed by atoms with Gasteiger partial charge in [0.2, 0.25) is 0 Å². The third kappa shape index (κ3) is 12.3. The van der Waals surface area contributed by atoms with E-state index in [1.807, 2.05) is 58.0 Å². The third-order valence-corrected chi connectivity index (χ3v) is 7.40. The average molecular weight is 740 g/mol. The Morgan fingerprint density at radius 1 is 0.593 bits per heavy atom. The van der Waals surface area contributed by atoms with Crippen LogP contribution in [0.25, 0.3) is 0 Å². The van der Waals surface area contributed by atoms with Gasteiger partial charge in [-0.05, 0) is 92.8 Å². The lowest BCUT2D eigenvalue weighted by molar-refractivity contribution is 0.0597. The zero-order valence-electron chi connectivity index (χ0n) is 32.0. The van der Waals surface area contributed by atoms with E-state index in [4.69, 9.17) is 23.7 Å². The van der Waals surface area contributed by atoms with Crippen LogP contribution in [0, 0.1) is 11.8 Å². The van der Waals surface area contributed by atoms with E-state index < -0.39 is 29.5 Å². The topological polar surface area (TPSA) is 151 Å². The Labute approximate surface area is 316 Å². The summed E-state index contributed by atoms with van der Waals surface area (Å²) in [5, 5.41) is 8.46. The van der Waals surface area contributed by atoms with Gasteiger partial charge in [-0.25, -0.2) is 9.59 Å². The van der Waals surface area contributed by atoms with E-state index in [2.05, 4.69) is 16.0 Å². The van der Waals surface area contributed by atoms with Gasteiger partial charge in [-0.15, -0.1) is 0 Å². The Morgan fingerprint density at radius 2 is 1.04 bits per heavy atom. The number of hydrogen-bond acceptors (Lipinski definition) is 9. The molecule has 54 heavy (non-hydrogen) atoms. The molecule has 0 saturated carbocycles. The van der Waals surface area contributed by atoms with Gasteiger partial charge in [-0.1, -0.05) is 58.0 Å². The highest BCUT2D eigenvalue weighted by Crippen LogP contribution is 2.32. The first kappa shape index (κ1) is 40.7. The minimum atomic E-state index is -0.707. The molecule has 0 saturated heterocycles. The number of carbonyl (C=O) groups is 4. The molecule has 12 heteroatoms. The maximum atomic E-state index is 13.7. The Morgan fingerprint density at radius 3 is 1.50 bits per heavy atom. The summed E-state index contributed by atoms with van der Waals surface area (Å²) in [5.74, 6) is -0.266. The number of methoxy groups -OCH3 is 1. The summed E-state index contributed by atoms with van der Waals surface area (Å²) >= 11 is 0. The lowest BCUT2D eigenvalue weighted by Crippen LogP contribution is -2.27. The first-order valence-corrected chi connectivity index (χ1v) is 17.7. The molecule has 4 aromatic rings. The minimum Gasteiger partial charge on any atom is -0.491 e. The van der Waals surface area contributed by atoms with Crippen molar-refractivity contribution in [2.45, 2.75) is 60.7 Å². The molecule has 0 aromatic heterocycles. The second-order valence-electron chi connectivity index (χ2n) is 14.3. The lowest BCUT2D eigenvalue weighted by Gasteiger charge is -2.21. The van der Waals surface area contributed by atoms with Gasteiger partial charge >= 0.3 is 12.1 Å². The van der Waals surface area contributed by atoms with Crippen LogP contribution in [0.3, 0.4) is 0 Å². The standard InChI is InChI=1S/C42H49N3O9/c1-26(2)23-51-36-21-30(15-18-34(36)45-41(49)54-42(5,6)7)39(47)43-32-17-14-29(20-35(32)53-25-28-12-10-9-11-13-28)38(46)44-33-19-16-31(40(48)50-8)22-37(33)52-24-27(3)4/h9-22,26-27H,23-25H2,1-8H3,(H,43,47)(H,44,46)(H,45,49). The Kier molecular flexibility index (Phi) is 14.1. The zero-order chi connectivity index (χ0) is 39.4. The van der Waals surface area contributed by atoms with E-state index in [9.17, 15) is 19.2 Å². The van der Waals surface area contributed by atoms with E-state index in [0.717, 1.165) is 5.56 Å². The molecule has 0 aliphatic carbocycles. The van der Waals surface area contributed by atoms with Crippen molar-refractivity contribution >= 4 is 40.9 Å². The monoisotopic (exact) mass is 739 g/mol. The van der Waals surface area contributed by atoms with Crippen LogP contribution in [0.2, 0.25) is 0 Å². The van der Waals surface area contributed by atoms with Crippen LogP contribution in [0.1, 0.15) is 85.1 Å². The molecule has 0 bridgehead atoms. The van der Waals surface area contributed by atoms with Crippen LogP contribution < -0.4 is 30.2 Å². The number of nitrogens with one attached hydrogen (secondary N) is 3. The third-order valence-electron chi connectivity index (χ3n) is 7.40. The first-order valence-electron chi connectivity index (χ1n) is 17.7. The van der Waals surface area contributed by atoms with E-state index in [1.165, 1.54) is 25.3 Å². The van der Waals surface area contributed by atoms with Crippen molar-refractivity contribution in [3.05, 3.63) is 107 Å². The van der Waals surface area contributed by atoms with Crippen molar-refractivity contribution in [2.24, 2.45) is 11.8 Å². The normalized spacial score (nSPS) is 11.1. The fraction of sp³-hybridized carbons (Fsp3) is 0.333. The summed E-state index contributed by atoms with van der Waals surface area (Å²) in [7, 11) is 1.29. The Hall–Kier alpha value is -6.04. The van der Waals surface area contributed by atoms with E-state index in [0.29, 0.717) is 41.8 Å². The fourth-order valence-corrected chi connectivity index (χ4v) is 4.81. The fourth-order valence-electron chi connectivity index (χ4n) is 4.81. The molecule has 0 fully saturated rings. The lowest BCUT2D eigenvalue weighted by atomic mass is 10.1. The molecule has 0 aliphatic rings. The molecule has 4 rings (SSSR count). The van der Waals surface area contributed by atoms with Crippen LogP contribution in [0.5, 0.6) is 17.2 Å². The number of esters is 1. The van der Waals surface area contributed by atoms with E-state index in [-0.39, 0.29) is 40.9 Å². The highest BCUT2D eigenvalue weighted by atomic mass is 16.6. The minimum absolute atomic E-state index is 0.162. The number of benzene rings is 4. The van der Waals surface area contributed by atoms with Crippen molar-refractivity contribution in [3.63, 3.8) is 0 Å². The summed E-state index contributed by atoms with van der Waals surface area (Å²) in [5.41, 5.74) is 1.96. The average Bonchev–Trinajstić information content (AvgIpc) is 3.12. The van der Waals surface area contributed by atoms with Crippen LogP contribution in [-0.4, -0.2) is 49.8 Å². The van der Waals surface area contributed by atoms with Crippen molar-refractivity contribution in [3.8, 4) is 17.2 Å². The Balaban J connectivity index is 1.62. The second kappa shape index (κ2) is 18.6. The van der Waals surface area contributed by atoms with Crippen molar-refractivity contribution in [2.75, 3.05) is 36.3 Å². The molecule has 4 aromatic carbocycles. The van der Waals surface area contributed by atoms with Gasteiger partial charge in [0.05, 0.1) is 42.9 Å². The highest BCUT2D eigenvalue weighted by Gasteiger charge is 2.21. The molecule has 12 nitrogen and oxygen atoms in total. The first-order chi connectivity index (χ1) is 25.6. The van der Waals surface area contributed by atoms with Crippen LogP contribution in [0.15, 0.2) is 84.9 Å². The predicted molar refractivity (Wildman–Crippen MR) is 208 cm³/mol. The maximum Gasteiger partial charge on any atom is 0.412 e. The molecule has 3 amide bonds. The molecule has 0 atom stereocenters. The van der Waals surface area contributed by atoms with Gasteiger partial charge in [-0.3, -0.25) is 14.9 Å². The summed E-state index contributed by atoms with van der Waals surface area (Å²) in [6, 6.07) is 23.5. The number of hydrogen-bond donors (Lipinski definition) is 3.